The second kappa shape index (κ2) is 8.40. The molecule has 28 heavy (non-hydrogen) atoms. The fourth-order valence-corrected chi connectivity index (χ4v) is 4.13. The maximum atomic E-state index is 5.31. The summed E-state index contributed by atoms with van der Waals surface area (Å²) in [5, 5.41) is 4.63. The van der Waals surface area contributed by atoms with Crippen LogP contribution in [0.1, 0.15) is 21.8 Å². The zero-order valence-electron chi connectivity index (χ0n) is 16.1. The zero-order chi connectivity index (χ0) is 19.3. The van der Waals surface area contributed by atoms with Crippen molar-refractivity contribution in [1.29, 1.82) is 0 Å². The first-order valence-electron chi connectivity index (χ1n) is 9.39. The molecule has 142 valence electrons. The first-order chi connectivity index (χ1) is 13.7. The summed E-state index contributed by atoms with van der Waals surface area (Å²) in [6, 6.07) is 20.7. The first-order valence-corrected chi connectivity index (χ1v) is 10.2. The molecule has 0 unspecified atom stereocenters. The van der Waals surface area contributed by atoms with Crippen LogP contribution in [0, 0.1) is 6.92 Å². The van der Waals surface area contributed by atoms with Gasteiger partial charge in [-0.1, -0.05) is 42.5 Å². The largest absolute Gasteiger partial charge is 0.497 e. The van der Waals surface area contributed by atoms with Gasteiger partial charge in [0.1, 0.15) is 22.2 Å². The van der Waals surface area contributed by atoms with Gasteiger partial charge < -0.3 is 10.1 Å². The van der Waals surface area contributed by atoms with E-state index in [0.29, 0.717) is 0 Å². The first kappa shape index (κ1) is 18.4. The molecule has 0 radical (unpaired) electrons. The van der Waals surface area contributed by atoms with Crippen LogP contribution in [-0.2, 0) is 12.8 Å². The molecule has 0 aliphatic rings. The normalized spacial score (nSPS) is 10.9. The second-order valence-electron chi connectivity index (χ2n) is 6.76. The van der Waals surface area contributed by atoms with Crippen LogP contribution >= 0.6 is 11.3 Å². The van der Waals surface area contributed by atoms with Crippen molar-refractivity contribution in [2.24, 2.45) is 0 Å². The van der Waals surface area contributed by atoms with Gasteiger partial charge in [-0.25, -0.2) is 9.97 Å². The molecule has 0 aliphatic carbocycles. The Morgan fingerprint density at radius 1 is 0.964 bits per heavy atom. The molecule has 5 heteroatoms. The molecule has 0 spiro atoms. The molecular formula is C23H23N3OS. The third-order valence-corrected chi connectivity index (χ3v) is 5.55. The van der Waals surface area contributed by atoms with Crippen LogP contribution in [0.3, 0.4) is 0 Å². The molecule has 1 N–H and O–H groups in total. The lowest BCUT2D eigenvalue weighted by Crippen LogP contribution is -2.09. The van der Waals surface area contributed by atoms with Gasteiger partial charge in [0.05, 0.1) is 12.5 Å². The number of fused-ring (bicyclic) bond motifs is 1. The number of benzene rings is 2. The standard InChI is InChI=1S/C23H23N3OS/c1-16-13-20-22(24-12-11-18-9-6-10-19(14-18)27-2)25-21(26-23(20)28-16)15-17-7-4-3-5-8-17/h3-10,13-14H,11-12,15H2,1-2H3,(H,24,25,26). The summed E-state index contributed by atoms with van der Waals surface area (Å²) in [6.45, 7) is 2.92. The highest BCUT2D eigenvalue weighted by atomic mass is 32.1. The molecule has 0 saturated heterocycles. The Morgan fingerprint density at radius 3 is 2.61 bits per heavy atom. The number of rotatable bonds is 7. The summed E-state index contributed by atoms with van der Waals surface area (Å²) in [5.74, 6) is 2.66. The molecule has 2 aromatic heterocycles. The van der Waals surface area contributed by atoms with Crippen LogP contribution in [0.4, 0.5) is 5.82 Å². The van der Waals surface area contributed by atoms with E-state index in [1.54, 1.807) is 18.4 Å². The topological polar surface area (TPSA) is 47.0 Å². The van der Waals surface area contributed by atoms with Crippen molar-refractivity contribution >= 4 is 27.4 Å². The van der Waals surface area contributed by atoms with E-state index in [9.17, 15) is 0 Å². The molecule has 4 aromatic rings. The van der Waals surface area contributed by atoms with Crippen LogP contribution in [0.5, 0.6) is 5.75 Å². The smallest absolute Gasteiger partial charge is 0.138 e. The Kier molecular flexibility index (Phi) is 5.53. The summed E-state index contributed by atoms with van der Waals surface area (Å²) in [5.41, 5.74) is 2.46. The highest BCUT2D eigenvalue weighted by Gasteiger charge is 2.11. The fourth-order valence-electron chi connectivity index (χ4n) is 3.23. The van der Waals surface area contributed by atoms with Gasteiger partial charge in [-0.2, -0.15) is 0 Å². The molecule has 2 heterocycles. The summed E-state index contributed by atoms with van der Waals surface area (Å²) in [7, 11) is 1.70. The molecular weight excluding hydrogens is 366 g/mol. The van der Waals surface area contributed by atoms with Crippen molar-refractivity contribution in [1.82, 2.24) is 9.97 Å². The van der Waals surface area contributed by atoms with E-state index in [-0.39, 0.29) is 0 Å². The molecule has 0 saturated carbocycles. The number of aromatic nitrogens is 2. The number of methoxy groups -OCH3 is 1. The summed E-state index contributed by atoms with van der Waals surface area (Å²) in [6.07, 6.45) is 1.64. The number of hydrogen-bond acceptors (Lipinski definition) is 5. The van der Waals surface area contributed by atoms with E-state index in [0.717, 1.165) is 47.0 Å². The van der Waals surface area contributed by atoms with Crippen LogP contribution in [-0.4, -0.2) is 23.6 Å². The van der Waals surface area contributed by atoms with Crippen molar-refractivity contribution in [3.8, 4) is 5.75 Å². The number of nitrogens with one attached hydrogen (secondary N) is 1. The zero-order valence-corrected chi connectivity index (χ0v) is 16.9. The van der Waals surface area contributed by atoms with Crippen LogP contribution < -0.4 is 10.1 Å². The minimum atomic E-state index is 0.734. The number of anilines is 1. The third kappa shape index (κ3) is 4.31. The van der Waals surface area contributed by atoms with E-state index in [4.69, 9.17) is 14.7 Å². The number of nitrogens with zero attached hydrogens (tertiary/aromatic N) is 2. The predicted octanol–water partition coefficient (Wildman–Crippen LogP) is 5.25. The maximum absolute atomic E-state index is 5.31. The Bertz CT molecular complexity index is 1080. The molecule has 0 aliphatic heterocycles. The van der Waals surface area contributed by atoms with Crippen LogP contribution in [0.2, 0.25) is 0 Å². The maximum Gasteiger partial charge on any atom is 0.138 e. The van der Waals surface area contributed by atoms with E-state index < -0.39 is 0 Å². The highest BCUT2D eigenvalue weighted by molar-refractivity contribution is 7.18. The Hall–Kier alpha value is -2.92. The van der Waals surface area contributed by atoms with E-state index in [1.165, 1.54) is 16.0 Å². The van der Waals surface area contributed by atoms with Crippen molar-refractivity contribution in [3.63, 3.8) is 0 Å². The highest BCUT2D eigenvalue weighted by Crippen LogP contribution is 2.29. The van der Waals surface area contributed by atoms with E-state index in [2.05, 4.69) is 54.7 Å². The average Bonchev–Trinajstić information content (AvgIpc) is 3.09. The van der Waals surface area contributed by atoms with Gasteiger partial charge in [-0.15, -0.1) is 11.3 Å². The van der Waals surface area contributed by atoms with Gasteiger partial charge in [0.25, 0.3) is 0 Å². The minimum absolute atomic E-state index is 0.734. The Balaban J connectivity index is 1.54. The summed E-state index contributed by atoms with van der Waals surface area (Å²) in [4.78, 5) is 11.9. The predicted molar refractivity (Wildman–Crippen MR) is 117 cm³/mol. The number of hydrogen-bond donors (Lipinski definition) is 1. The fraction of sp³-hybridized carbons (Fsp3) is 0.217. The van der Waals surface area contributed by atoms with Crippen LogP contribution in [0.15, 0.2) is 60.7 Å². The molecule has 0 bridgehead atoms. The van der Waals surface area contributed by atoms with Gasteiger partial charge in [0.15, 0.2) is 0 Å². The van der Waals surface area contributed by atoms with Crippen molar-refractivity contribution in [2.45, 2.75) is 19.8 Å². The number of thiophene rings is 1. The monoisotopic (exact) mass is 389 g/mol. The van der Waals surface area contributed by atoms with Crippen molar-refractivity contribution in [3.05, 3.63) is 82.5 Å². The van der Waals surface area contributed by atoms with E-state index in [1.807, 2.05) is 18.2 Å². The van der Waals surface area contributed by atoms with Gasteiger partial charge in [0, 0.05) is 17.8 Å². The third-order valence-electron chi connectivity index (χ3n) is 4.61. The molecule has 0 amide bonds. The lowest BCUT2D eigenvalue weighted by atomic mass is 10.1. The number of aryl methyl sites for hydroxylation is 1. The molecule has 4 nitrogen and oxygen atoms in total. The summed E-state index contributed by atoms with van der Waals surface area (Å²) >= 11 is 1.72. The van der Waals surface area contributed by atoms with Crippen LogP contribution in [0.25, 0.3) is 10.2 Å². The van der Waals surface area contributed by atoms with Gasteiger partial charge >= 0.3 is 0 Å². The molecule has 2 aromatic carbocycles. The van der Waals surface area contributed by atoms with Gasteiger partial charge in [0.2, 0.25) is 0 Å². The Morgan fingerprint density at radius 2 is 1.79 bits per heavy atom. The number of ether oxygens (including phenoxy) is 1. The molecule has 0 fully saturated rings. The minimum Gasteiger partial charge on any atom is -0.497 e. The summed E-state index contributed by atoms with van der Waals surface area (Å²) < 4.78 is 5.31. The van der Waals surface area contributed by atoms with Crippen molar-refractivity contribution in [2.75, 3.05) is 19.0 Å². The van der Waals surface area contributed by atoms with E-state index >= 15 is 0 Å². The van der Waals surface area contributed by atoms with Crippen molar-refractivity contribution < 1.29 is 4.74 Å². The Labute approximate surface area is 169 Å². The quantitative estimate of drug-likeness (QED) is 0.469. The van der Waals surface area contributed by atoms with Gasteiger partial charge in [-0.3, -0.25) is 0 Å². The lowest BCUT2D eigenvalue weighted by Gasteiger charge is -2.10. The molecule has 0 atom stereocenters. The van der Waals surface area contributed by atoms with Gasteiger partial charge in [-0.05, 0) is 42.7 Å². The SMILES string of the molecule is COc1cccc(CCNc2nc(Cc3ccccc3)nc3sc(C)cc23)c1. The molecule has 4 rings (SSSR count). The lowest BCUT2D eigenvalue weighted by molar-refractivity contribution is 0.414. The second-order valence-corrected chi connectivity index (χ2v) is 7.99. The average molecular weight is 390 g/mol.